The minimum Gasteiger partial charge on any atom is -0.481 e. The van der Waals surface area contributed by atoms with Crippen LogP contribution in [0, 0.1) is 0 Å². The molecule has 0 unspecified atom stereocenters. The van der Waals surface area contributed by atoms with E-state index in [1.807, 2.05) is 17.4 Å². The molecule has 24 heavy (non-hydrogen) atoms. The maximum Gasteiger partial charge on any atom is 0.318 e. The molecule has 0 fully saturated rings. The van der Waals surface area contributed by atoms with Crippen molar-refractivity contribution in [3.05, 3.63) is 35.3 Å². The van der Waals surface area contributed by atoms with Gasteiger partial charge in [-0.1, -0.05) is 20.8 Å². The first-order valence-electron chi connectivity index (χ1n) is 7.50. The molecule has 0 saturated heterocycles. The third-order valence-corrected chi connectivity index (χ3v) is 4.19. The number of hydrogen-bond donors (Lipinski definition) is 2. The van der Waals surface area contributed by atoms with E-state index in [2.05, 4.69) is 31.1 Å². The van der Waals surface area contributed by atoms with Crippen molar-refractivity contribution in [3.63, 3.8) is 0 Å². The summed E-state index contributed by atoms with van der Waals surface area (Å²) >= 11 is 1.59. The van der Waals surface area contributed by atoms with Gasteiger partial charge in [0.05, 0.1) is 5.69 Å². The number of rotatable bonds is 4. The highest BCUT2D eigenvalue weighted by atomic mass is 32.1. The molecule has 3 amide bonds. The van der Waals surface area contributed by atoms with Crippen LogP contribution in [0.15, 0.2) is 29.6 Å². The fraction of sp³-hybridized carbons (Fsp3) is 0.353. The van der Waals surface area contributed by atoms with Crippen LogP contribution < -0.4 is 15.8 Å². The second kappa shape index (κ2) is 7.00. The molecule has 2 aromatic rings. The number of imide groups is 1. The monoisotopic (exact) mass is 347 g/mol. The number of carbonyl (C=O) groups excluding carboxylic acids is 2. The van der Waals surface area contributed by atoms with Crippen LogP contribution in [-0.2, 0) is 10.2 Å². The van der Waals surface area contributed by atoms with Crippen molar-refractivity contribution >= 4 is 23.3 Å². The van der Waals surface area contributed by atoms with Gasteiger partial charge in [0.15, 0.2) is 6.10 Å². The van der Waals surface area contributed by atoms with E-state index in [4.69, 9.17) is 10.5 Å². The second-order valence-corrected chi connectivity index (χ2v) is 7.28. The van der Waals surface area contributed by atoms with Crippen LogP contribution in [0.1, 0.15) is 33.4 Å². The van der Waals surface area contributed by atoms with E-state index in [0.717, 1.165) is 16.3 Å². The Bertz CT molecular complexity index is 732. The van der Waals surface area contributed by atoms with E-state index in [9.17, 15) is 9.59 Å². The van der Waals surface area contributed by atoms with Crippen molar-refractivity contribution in [3.8, 4) is 16.3 Å². The molecule has 0 bridgehead atoms. The number of aromatic nitrogens is 1. The summed E-state index contributed by atoms with van der Waals surface area (Å²) < 4.78 is 5.49. The zero-order valence-electron chi connectivity index (χ0n) is 14.1. The summed E-state index contributed by atoms with van der Waals surface area (Å²) in [6.45, 7) is 7.92. The quantitative estimate of drug-likeness (QED) is 0.888. The normalized spacial score (nSPS) is 12.5. The molecule has 0 aliphatic rings. The number of urea groups is 1. The van der Waals surface area contributed by atoms with Crippen LogP contribution in [0.3, 0.4) is 0 Å². The van der Waals surface area contributed by atoms with Crippen LogP contribution in [-0.4, -0.2) is 23.0 Å². The lowest BCUT2D eigenvalue weighted by Crippen LogP contribution is -2.42. The van der Waals surface area contributed by atoms with Crippen LogP contribution in [0.5, 0.6) is 5.75 Å². The summed E-state index contributed by atoms with van der Waals surface area (Å²) in [5, 5.41) is 4.99. The van der Waals surface area contributed by atoms with Crippen molar-refractivity contribution in [2.75, 3.05) is 0 Å². The third-order valence-electron chi connectivity index (χ3n) is 3.30. The smallest absolute Gasteiger partial charge is 0.318 e. The van der Waals surface area contributed by atoms with Crippen molar-refractivity contribution in [2.24, 2.45) is 5.73 Å². The predicted octanol–water partition coefficient (Wildman–Crippen LogP) is 3.07. The molecule has 3 N–H and O–H groups in total. The van der Waals surface area contributed by atoms with Crippen molar-refractivity contribution in [1.29, 1.82) is 0 Å². The first kappa shape index (κ1) is 17.9. The van der Waals surface area contributed by atoms with Gasteiger partial charge in [-0.15, -0.1) is 11.3 Å². The Morgan fingerprint density at radius 3 is 2.38 bits per heavy atom. The molecule has 7 heteroatoms. The van der Waals surface area contributed by atoms with E-state index in [1.165, 1.54) is 0 Å². The lowest BCUT2D eigenvalue weighted by molar-refractivity contribution is -0.126. The van der Waals surface area contributed by atoms with E-state index < -0.39 is 18.0 Å². The Hall–Kier alpha value is -2.41. The zero-order valence-corrected chi connectivity index (χ0v) is 14.9. The van der Waals surface area contributed by atoms with Gasteiger partial charge in [-0.25, -0.2) is 9.78 Å². The molecule has 2 rings (SSSR count). The van der Waals surface area contributed by atoms with Gasteiger partial charge in [0.25, 0.3) is 5.91 Å². The fourth-order valence-electron chi connectivity index (χ4n) is 1.91. The number of hydrogen-bond acceptors (Lipinski definition) is 5. The molecule has 0 radical (unpaired) electrons. The van der Waals surface area contributed by atoms with Gasteiger partial charge in [-0.05, 0) is 31.2 Å². The Morgan fingerprint density at radius 2 is 1.88 bits per heavy atom. The Morgan fingerprint density at radius 1 is 1.25 bits per heavy atom. The Balaban J connectivity index is 2.07. The number of amides is 3. The highest BCUT2D eigenvalue weighted by Gasteiger charge is 2.18. The average Bonchev–Trinajstić information content (AvgIpc) is 2.97. The molecule has 1 heterocycles. The lowest BCUT2D eigenvalue weighted by Gasteiger charge is -2.14. The number of nitrogens with two attached hydrogens (primary N) is 1. The molecule has 6 nitrogen and oxygen atoms in total. The molecular weight excluding hydrogens is 326 g/mol. The van der Waals surface area contributed by atoms with Crippen LogP contribution in [0.25, 0.3) is 10.6 Å². The Kier molecular flexibility index (Phi) is 5.23. The largest absolute Gasteiger partial charge is 0.481 e. The Labute approximate surface area is 145 Å². The van der Waals surface area contributed by atoms with Gasteiger partial charge in [-0.2, -0.15) is 0 Å². The number of thiazole rings is 1. The maximum absolute atomic E-state index is 11.6. The lowest BCUT2D eigenvalue weighted by atomic mass is 9.93. The SMILES string of the molecule is C[C@@H](Oc1ccc(-c2nc(C(C)(C)C)cs2)cc1)C(=O)NC(N)=O. The van der Waals surface area contributed by atoms with Gasteiger partial charge in [0.2, 0.25) is 0 Å². The topological polar surface area (TPSA) is 94.3 Å². The van der Waals surface area contributed by atoms with Crippen LogP contribution in [0.2, 0.25) is 0 Å². The first-order chi connectivity index (χ1) is 11.2. The average molecular weight is 347 g/mol. The van der Waals surface area contributed by atoms with Crippen molar-refractivity contribution in [1.82, 2.24) is 10.3 Å². The number of carbonyl (C=O) groups is 2. The molecule has 0 spiro atoms. The van der Waals surface area contributed by atoms with Crippen molar-refractivity contribution < 1.29 is 14.3 Å². The van der Waals surface area contributed by atoms with Gasteiger partial charge in [-0.3, -0.25) is 10.1 Å². The van der Waals surface area contributed by atoms with Crippen molar-refractivity contribution in [2.45, 2.75) is 39.2 Å². The molecule has 0 saturated carbocycles. The summed E-state index contributed by atoms with van der Waals surface area (Å²) in [5.41, 5.74) is 6.96. The number of nitrogens with zero attached hydrogens (tertiary/aromatic N) is 1. The zero-order chi connectivity index (χ0) is 17.9. The van der Waals surface area contributed by atoms with E-state index in [0.29, 0.717) is 5.75 Å². The maximum atomic E-state index is 11.6. The molecule has 1 atom stereocenters. The molecule has 1 aromatic heterocycles. The second-order valence-electron chi connectivity index (χ2n) is 6.43. The number of primary amides is 1. The molecule has 0 aliphatic heterocycles. The number of ether oxygens (including phenoxy) is 1. The standard InChI is InChI=1S/C17H21N3O3S/c1-10(14(21)20-16(18)22)23-12-7-5-11(6-8-12)15-19-13(9-24-15)17(2,3)4/h5-10H,1-4H3,(H3,18,20,21,22)/t10-/m1/s1. The third kappa shape index (κ3) is 4.55. The predicted molar refractivity (Wildman–Crippen MR) is 94.1 cm³/mol. The van der Waals surface area contributed by atoms with Crippen LogP contribution in [0.4, 0.5) is 4.79 Å². The summed E-state index contributed by atoms with van der Waals surface area (Å²) in [7, 11) is 0. The number of nitrogens with one attached hydrogen (secondary N) is 1. The first-order valence-corrected chi connectivity index (χ1v) is 8.38. The van der Waals surface area contributed by atoms with Gasteiger partial charge in [0, 0.05) is 16.4 Å². The summed E-state index contributed by atoms with van der Waals surface area (Å²) in [6.07, 6.45) is -0.823. The van der Waals surface area contributed by atoms with E-state index >= 15 is 0 Å². The molecular formula is C17H21N3O3S. The van der Waals surface area contributed by atoms with Gasteiger partial charge in [0.1, 0.15) is 10.8 Å². The van der Waals surface area contributed by atoms with E-state index in [-0.39, 0.29) is 5.41 Å². The molecule has 0 aliphatic carbocycles. The highest BCUT2D eigenvalue weighted by Crippen LogP contribution is 2.30. The summed E-state index contributed by atoms with van der Waals surface area (Å²) in [5.74, 6) is -0.0557. The van der Waals surface area contributed by atoms with Gasteiger partial charge >= 0.3 is 6.03 Å². The molecule has 1 aromatic carbocycles. The van der Waals surface area contributed by atoms with E-state index in [1.54, 1.807) is 30.4 Å². The summed E-state index contributed by atoms with van der Waals surface area (Å²) in [4.78, 5) is 26.9. The highest BCUT2D eigenvalue weighted by molar-refractivity contribution is 7.13. The van der Waals surface area contributed by atoms with Crippen LogP contribution >= 0.6 is 11.3 Å². The minimum atomic E-state index is -0.899. The molecule has 128 valence electrons. The summed E-state index contributed by atoms with van der Waals surface area (Å²) in [6, 6.07) is 6.41. The van der Waals surface area contributed by atoms with Gasteiger partial charge < -0.3 is 10.5 Å². The fourth-order valence-corrected chi connectivity index (χ4v) is 2.96. The number of benzene rings is 1. The minimum absolute atomic E-state index is 0.0149.